The standard InChI is InChI=1S/C37H44N4O7S/c1-22(42)38-28-12-10-23-20-33(46-3)35(47-4)36(48-5)34(23)24-11-13-29(32(43)21-26(24)28)39-30(15-19-49-6)37(44)40-27-8-7-9-31-25(27)14-16-41(31)17-18-45-2/h7-9,11,13-14,16,20-21,28,30H,10,12,15,17-19H2,1-6H3,(H,38,42)(H,39,43)(H,40,44). The molecule has 49 heavy (non-hydrogen) atoms. The van der Waals surface area contributed by atoms with E-state index in [4.69, 9.17) is 18.9 Å². The number of carbonyl (C=O) groups excluding carboxylic acids is 2. The summed E-state index contributed by atoms with van der Waals surface area (Å²) in [6.07, 6.45) is 5.58. The van der Waals surface area contributed by atoms with Crippen LogP contribution in [0.2, 0.25) is 0 Å². The van der Waals surface area contributed by atoms with Gasteiger partial charge in [0.1, 0.15) is 6.04 Å². The molecule has 1 aliphatic carbocycles. The lowest BCUT2D eigenvalue weighted by molar-refractivity contribution is -0.120. The number of hydrogen-bond acceptors (Lipinski definition) is 9. The Bertz CT molecular complexity index is 1890. The fourth-order valence-corrected chi connectivity index (χ4v) is 6.93. The Morgan fingerprint density at radius 3 is 2.49 bits per heavy atom. The molecule has 0 aliphatic heterocycles. The topological polar surface area (TPSA) is 129 Å². The summed E-state index contributed by atoms with van der Waals surface area (Å²) in [4.78, 5) is 40.2. The fourth-order valence-electron chi connectivity index (χ4n) is 6.46. The highest BCUT2D eigenvalue weighted by Gasteiger charge is 2.30. The van der Waals surface area contributed by atoms with Crippen LogP contribution >= 0.6 is 11.8 Å². The molecule has 2 amide bonds. The van der Waals surface area contributed by atoms with Crippen LogP contribution in [-0.2, 0) is 27.3 Å². The van der Waals surface area contributed by atoms with Crippen molar-refractivity contribution in [3.05, 3.63) is 76.1 Å². The molecule has 1 aromatic heterocycles. The zero-order chi connectivity index (χ0) is 35.1. The Labute approximate surface area is 290 Å². The molecule has 0 bridgehead atoms. The number of rotatable bonds is 14. The number of amides is 2. The lowest BCUT2D eigenvalue weighted by Gasteiger charge is -2.19. The van der Waals surface area contributed by atoms with E-state index < -0.39 is 12.1 Å². The van der Waals surface area contributed by atoms with Gasteiger partial charge >= 0.3 is 0 Å². The van der Waals surface area contributed by atoms with Crippen molar-refractivity contribution >= 4 is 45.9 Å². The second-order valence-electron chi connectivity index (χ2n) is 11.8. The first kappa shape index (κ1) is 35.6. The van der Waals surface area contributed by atoms with Gasteiger partial charge in [0.15, 0.2) is 11.5 Å². The van der Waals surface area contributed by atoms with E-state index in [1.54, 1.807) is 52.3 Å². The molecule has 2 unspecified atom stereocenters. The van der Waals surface area contributed by atoms with Gasteiger partial charge in [0, 0.05) is 37.7 Å². The zero-order valence-electron chi connectivity index (χ0n) is 28.8. The van der Waals surface area contributed by atoms with E-state index in [1.165, 1.54) is 6.92 Å². The van der Waals surface area contributed by atoms with Crippen molar-refractivity contribution in [3.63, 3.8) is 0 Å². The van der Waals surface area contributed by atoms with Crippen LogP contribution in [0.4, 0.5) is 11.4 Å². The molecule has 0 fully saturated rings. The van der Waals surface area contributed by atoms with E-state index in [-0.39, 0.29) is 22.9 Å². The highest BCUT2D eigenvalue weighted by Crippen LogP contribution is 2.50. The average molecular weight is 689 g/mol. The number of nitrogens with zero attached hydrogens (tertiary/aromatic N) is 1. The number of aryl methyl sites for hydroxylation is 1. The first-order valence-corrected chi connectivity index (χ1v) is 17.5. The van der Waals surface area contributed by atoms with Crippen molar-refractivity contribution in [2.45, 2.75) is 44.8 Å². The summed E-state index contributed by atoms with van der Waals surface area (Å²) in [5.41, 5.74) is 4.68. The normalized spacial score (nSPS) is 14.2. The van der Waals surface area contributed by atoms with Crippen molar-refractivity contribution in [1.29, 1.82) is 0 Å². The first-order chi connectivity index (χ1) is 23.7. The second kappa shape index (κ2) is 16.1. The van der Waals surface area contributed by atoms with Crippen molar-refractivity contribution in [2.75, 3.05) is 57.7 Å². The van der Waals surface area contributed by atoms with Gasteiger partial charge in [-0.2, -0.15) is 11.8 Å². The summed E-state index contributed by atoms with van der Waals surface area (Å²) >= 11 is 1.62. The largest absolute Gasteiger partial charge is 0.493 e. The quantitative estimate of drug-likeness (QED) is 0.154. The molecule has 0 saturated carbocycles. The molecule has 260 valence electrons. The molecule has 0 saturated heterocycles. The van der Waals surface area contributed by atoms with E-state index in [9.17, 15) is 14.4 Å². The number of thioether (sulfide) groups is 1. The Kier molecular flexibility index (Phi) is 11.7. The molecule has 3 N–H and O–H groups in total. The lowest BCUT2D eigenvalue weighted by Crippen LogP contribution is -2.36. The second-order valence-corrected chi connectivity index (χ2v) is 12.8. The van der Waals surface area contributed by atoms with E-state index in [0.717, 1.165) is 22.0 Å². The highest BCUT2D eigenvalue weighted by molar-refractivity contribution is 7.98. The van der Waals surface area contributed by atoms with Crippen molar-refractivity contribution in [3.8, 4) is 28.4 Å². The van der Waals surface area contributed by atoms with Crippen molar-refractivity contribution < 1.29 is 28.5 Å². The predicted octanol–water partition coefficient (Wildman–Crippen LogP) is 5.64. The number of aromatic nitrogens is 1. The molecule has 12 heteroatoms. The van der Waals surface area contributed by atoms with Crippen LogP contribution in [-0.4, -0.2) is 69.5 Å². The third-order valence-corrected chi connectivity index (χ3v) is 9.42. The zero-order valence-corrected chi connectivity index (χ0v) is 29.6. The molecule has 0 radical (unpaired) electrons. The molecule has 11 nitrogen and oxygen atoms in total. The number of fused-ring (bicyclic) bond motifs is 4. The predicted molar refractivity (Wildman–Crippen MR) is 196 cm³/mol. The Morgan fingerprint density at radius 1 is 1.00 bits per heavy atom. The molecule has 1 aliphatic rings. The fraction of sp³-hybridized carbons (Fsp3) is 0.378. The first-order valence-electron chi connectivity index (χ1n) is 16.1. The van der Waals surface area contributed by atoms with Gasteiger partial charge in [-0.25, -0.2) is 0 Å². The third kappa shape index (κ3) is 7.65. The van der Waals surface area contributed by atoms with E-state index >= 15 is 0 Å². The Hall–Kier alpha value is -4.68. The molecule has 3 aromatic carbocycles. The minimum Gasteiger partial charge on any atom is -0.493 e. The maximum atomic E-state index is 14.0. The van der Waals surface area contributed by atoms with Crippen LogP contribution in [0.3, 0.4) is 0 Å². The van der Waals surface area contributed by atoms with E-state index in [1.807, 2.05) is 48.9 Å². The Morgan fingerprint density at radius 2 is 1.80 bits per heavy atom. The van der Waals surface area contributed by atoms with Gasteiger partial charge in [-0.3, -0.25) is 14.4 Å². The van der Waals surface area contributed by atoms with Crippen LogP contribution in [0, 0.1) is 0 Å². The minimum atomic E-state index is -0.703. The third-order valence-electron chi connectivity index (χ3n) is 8.78. The van der Waals surface area contributed by atoms with Crippen LogP contribution in [0.5, 0.6) is 17.2 Å². The van der Waals surface area contributed by atoms with Crippen LogP contribution in [0.1, 0.15) is 36.9 Å². The maximum Gasteiger partial charge on any atom is 0.246 e. The maximum absolute atomic E-state index is 14.0. The van der Waals surface area contributed by atoms with Gasteiger partial charge in [0.25, 0.3) is 0 Å². The SMILES string of the molecule is COCCn1ccc2c(NC(=O)C(CCSC)Nc3ccc4c(cc3=O)C(NC(C)=O)CCc3cc(OC)c(OC)c(OC)c3-4)cccc21. The van der Waals surface area contributed by atoms with Crippen molar-refractivity contribution in [2.24, 2.45) is 0 Å². The molecular weight excluding hydrogens is 644 g/mol. The number of hydrogen-bond donors (Lipinski definition) is 3. The lowest BCUT2D eigenvalue weighted by atomic mass is 9.95. The smallest absolute Gasteiger partial charge is 0.246 e. The van der Waals surface area contributed by atoms with Crippen LogP contribution < -0.4 is 35.6 Å². The van der Waals surface area contributed by atoms with Crippen LogP contribution in [0.15, 0.2) is 59.5 Å². The summed E-state index contributed by atoms with van der Waals surface area (Å²) in [5, 5.41) is 10.3. The van der Waals surface area contributed by atoms with Crippen molar-refractivity contribution in [1.82, 2.24) is 9.88 Å². The summed E-state index contributed by atoms with van der Waals surface area (Å²) in [6, 6.07) is 13.6. The van der Waals surface area contributed by atoms with Crippen LogP contribution in [0.25, 0.3) is 22.0 Å². The molecule has 0 spiro atoms. The monoisotopic (exact) mass is 688 g/mol. The van der Waals surface area contributed by atoms with Gasteiger partial charge in [0.2, 0.25) is 23.0 Å². The number of anilines is 2. The molecule has 4 aromatic rings. The van der Waals surface area contributed by atoms with Gasteiger partial charge in [-0.1, -0.05) is 12.1 Å². The summed E-state index contributed by atoms with van der Waals surface area (Å²) in [7, 11) is 6.34. The van der Waals surface area contributed by atoms with Gasteiger partial charge < -0.3 is 39.5 Å². The number of benzene rings is 2. The molecule has 5 rings (SSSR count). The average Bonchev–Trinajstić information content (AvgIpc) is 3.38. The molecule has 2 atom stereocenters. The van der Waals surface area contributed by atoms with Gasteiger partial charge in [0.05, 0.1) is 50.9 Å². The molecular formula is C37H44N4O7S. The number of carbonyl (C=O) groups is 2. The number of nitrogens with one attached hydrogen (secondary N) is 3. The van der Waals surface area contributed by atoms with E-state index in [0.29, 0.717) is 72.2 Å². The highest BCUT2D eigenvalue weighted by atomic mass is 32.2. The summed E-state index contributed by atoms with van der Waals surface area (Å²) in [5.74, 6) is 1.66. The number of methoxy groups -OCH3 is 4. The van der Waals surface area contributed by atoms with Gasteiger partial charge in [-0.15, -0.1) is 0 Å². The summed E-state index contributed by atoms with van der Waals surface area (Å²) in [6.45, 7) is 2.72. The van der Waals surface area contributed by atoms with E-state index in [2.05, 4.69) is 20.5 Å². The molecule has 1 heterocycles. The summed E-state index contributed by atoms with van der Waals surface area (Å²) < 4.78 is 24.6. The van der Waals surface area contributed by atoms with Gasteiger partial charge in [-0.05, 0) is 84.4 Å². The minimum absolute atomic E-state index is 0.209. The Balaban J connectivity index is 1.56. The number of ether oxygens (including phenoxy) is 4.